The van der Waals surface area contributed by atoms with Crippen LogP contribution in [0.1, 0.15) is 25.8 Å². The van der Waals surface area contributed by atoms with Crippen molar-refractivity contribution in [1.29, 1.82) is 0 Å². The number of hydrogen-bond acceptors (Lipinski definition) is 2. The normalized spacial score (nSPS) is 15.0. The molecule has 0 saturated carbocycles. The van der Waals surface area contributed by atoms with Crippen LogP contribution < -0.4 is 11.5 Å². The van der Waals surface area contributed by atoms with Crippen molar-refractivity contribution >= 4 is 5.69 Å². The Hall–Kier alpha value is -1.16. The summed E-state index contributed by atoms with van der Waals surface area (Å²) < 4.78 is 26.7. The summed E-state index contributed by atoms with van der Waals surface area (Å²) in [6.07, 6.45) is 0.605. The maximum Gasteiger partial charge on any atom is 0.164 e. The average molecular weight is 214 g/mol. The van der Waals surface area contributed by atoms with Crippen LogP contribution in [0.2, 0.25) is 0 Å². The molecule has 0 aliphatic heterocycles. The monoisotopic (exact) mass is 214 g/mol. The maximum atomic E-state index is 13.6. The van der Waals surface area contributed by atoms with Crippen molar-refractivity contribution in [2.45, 2.75) is 25.7 Å². The van der Waals surface area contributed by atoms with Crippen molar-refractivity contribution in [1.82, 2.24) is 0 Å². The SMILES string of the molecule is CCC(C)(CN)c1c(N)ccc(F)c1F. The van der Waals surface area contributed by atoms with Crippen molar-refractivity contribution in [3.8, 4) is 0 Å². The lowest BCUT2D eigenvalue weighted by Crippen LogP contribution is -2.33. The summed E-state index contributed by atoms with van der Waals surface area (Å²) in [6.45, 7) is 3.88. The molecule has 2 nitrogen and oxygen atoms in total. The average Bonchev–Trinajstić information content (AvgIpc) is 2.23. The molecule has 4 heteroatoms. The maximum absolute atomic E-state index is 13.6. The van der Waals surface area contributed by atoms with Crippen LogP contribution in [0.5, 0.6) is 0 Å². The highest BCUT2D eigenvalue weighted by Crippen LogP contribution is 2.33. The minimum atomic E-state index is -0.884. The van der Waals surface area contributed by atoms with Crippen LogP contribution in [0, 0.1) is 11.6 Å². The Morgan fingerprint density at radius 2 is 1.93 bits per heavy atom. The second-order valence-electron chi connectivity index (χ2n) is 3.94. The van der Waals surface area contributed by atoms with Crippen molar-refractivity contribution in [3.05, 3.63) is 29.3 Å². The van der Waals surface area contributed by atoms with Crippen LogP contribution >= 0.6 is 0 Å². The summed E-state index contributed by atoms with van der Waals surface area (Å²) in [5, 5.41) is 0. The van der Waals surface area contributed by atoms with Gasteiger partial charge in [0.05, 0.1) is 0 Å². The molecular formula is C11H16F2N2. The van der Waals surface area contributed by atoms with Gasteiger partial charge in [-0.3, -0.25) is 0 Å². The van der Waals surface area contributed by atoms with E-state index in [1.54, 1.807) is 6.92 Å². The van der Waals surface area contributed by atoms with Gasteiger partial charge in [0.1, 0.15) is 0 Å². The Morgan fingerprint density at radius 3 is 2.40 bits per heavy atom. The highest BCUT2D eigenvalue weighted by atomic mass is 19.2. The minimum Gasteiger partial charge on any atom is -0.398 e. The van der Waals surface area contributed by atoms with Gasteiger partial charge in [-0.1, -0.05) is 13.8 Å². The first-order chi connectivity index (χ1) is 6.96. The van der Waals surface area contributed by atoms with Gasteiger partial charge in [-0.25, -0.2) is 8.78 Å². The zero-order chi connectivity index (χ0) is 11.6. The third-order valence-electron chi connectivity index (χ3n) is 2.96. The summed E-state index contributed by atoms with van der Waals surface area (Å²) in [4.78, 5) is 0. The van der Waals surface area contributed by atoms with E-state index in [2.05, 4.69) is 0 Å². The summed E-state index contributed by atoms with van der Waals surface area (Å²) in [5.41, 5.74) is 11.1. The summed E-state index contributed by atoms with van der Waals surface area (Å²) >= 11 is 0. The molecule has 1 unspecified atom stereocenters. The van der Waals surface area contributed by atoms with E-state index in [-0.39, 0.29) is 17.8 Å². The zero-order valence-corrected chi connectivity index (χ0v) is 8.98. The van der Waals surface area contributed by atoms with Gasteiger partial charge in [0.25, 0.3) is 0 Å². The van der Waals surface area contributed by atoms with E-state index < -0.39 is 17.0 Å². The molecule has 0 amide bonds. The fourth-order valence-electron chi connectivity index (χ4n) is 1.60. The van der Waals surface area contributed by atoms with Crippen LogP contribution in [0.25, 0.3) is 0 Å². The molecule has 0 spiro atoms. The van der Waals surface area contributed by atoms with E-state index in [1.165, 1.54) is 6.07 Å². The molecule has 0 aliphatic rings. The third-order valence-corrected chi connectivity index (χ3v) is 2.96. The standard InChI is InChI=1S/C11H16F2N2/c1-3-11(2,6-14)9-8(15)5-4-7(12)10(9)13/h4-5H,3,6,14-15H2,1-2H3. The van der Waals surface area contributed by atoms with E-state index in [4.69, 9.17) is 11.5 Å². The summed E-state index contributed by atoms with van der Waals surface area (Å²) in [6, 6.07) is 2.40. The van der Waals surface area contributed by atoms with E-state index in [9.17, 15) is 8.78 Å². The number of rotatable bonds is 3. The molecule has 0 aliphatic carbocycles. The first kappa shape index (κ1) is 11.9. The predicted octanol–water partition coefficient (Wildman–Crippen LogP) is 2.17. The van der Waals surface area contributed by atoms with E-state index >= 15 is 0 Å². The number of halogens is 2. The van der Waals surface area contributed by atoms with Crippen LogP contribution in [0.3, 0.4) is 0 Å². The second kappa shape index (κ2) is 4.14. The highest BCUT2D eigenvalue weighted by molar-refractivity contribution is 5.51. The molecule has 1 aromatic carbocycles. The quantitative estimate of drug-likeness (QED) is 0.758. The van der Waals surface area contributed by atoms with E-state index in [1.807, 2.05) is 6.92 Å². The first-order valence-electron chi connectivity index (χ1n) is 4.90. The van der Waals surface area contributed by atoms with Crippen molar-refractivity contribution in [3.63, 3.8) is 0 Å². The Balaban J connectivity index is 3.41. The van der Waals surface area contributed by atoms with Gasteiger partial charge in [-0.2, -0.15) is 0 Å². The molecule has 0 heterocycles. The lowest BCUT2D eigenvalue weighted by Gasteiger charge is -2.28. The molecule has 4 N–H and O–H groups in total. The van der Waals surface area contributed by atoms with E-state index in [0.29, 0.717) is 6.42 Å². The van der Waals surface area contributed by atoms with Crippen molar-refractivity contribution in [2.75, 3.05) is 12.3 Å². The molecule has 0 aromatic heterocycles. The van der Waals surface area contributed by atoms with Crippen LogP contribution in [0.15, 0.2) is 12.1 Å². The van der Waals surface area contributed by atoms with Crippen molar-refractivity contribution < 1.29 is 8.78 Å². The number of nitrogens with two attached hydrogens (primary N) is 2. The fraction of sp³-hybridized carbons (Fsp3) is 0.455. The molecule has 1 aromatic rings. The van der Waals surface area contributed by atoms with Gasteiger partial charge in [0.15, 0.2) is 11.6 Å². The molecule has 0 fully saturated rings. The van der Waals surface area contributed by atoms with E-state index in [0.717, 1.165) is 6.07 Å². The van der Waals surface area contributed by atoms with Gasteiger partial charge in [-0.15, -0.1) is 0 Å². The lowest BCUT2D eigenvalue weighted by molar-refractivity contribution is 0.419. The molecule has 0 radical (unpaired) electrons. The van der Waals surface area contributed by atoms with Gasteiger partial charge >= 0.3 is 0 Å². The van der Waals surface area contributed by atoms with Gasteiger partial charge in [-0.05, 0) is 18.6 Å². The Labute approximate surface area is 88.3 Å². The molecule has 1 atom stereocenters. The van der Waals surface area contributed by atoms with Crippen LogP contribution in [0.4, 0.5) is 14.5 Å². The van der Waals surface area contributed by atoms with Gasteiger partial charge in [0, 0.05) is 23.2 Å². The Bertz CT molecular complexity index is 360. The highest BCUT2D eigenvalue weighted by Gasteiger charge is 2.30. The Kier molecular flexibility index (Phi) is 3.29. The third kappa shape index (κ3) is 1.95. The smallest absolute Gasteiger partial charge is 0.164 e. The number of benzene rings is 1. The lowest BCUT2D eigenvalue weighted by atomic mass is 9.79. The van der Waals surface area contributed by atoms with Crippen molar-refractivity contribution in [2.24, 2.45) is 5.73 Å². The predicted molar refractivity (Wildman–Crippen MR) is 57.5 cm³/mol. The topological polar surface area (TPSA) is 52.0 Å². The minimum absolute atomic E-state index is 0.188. The number of hydrogen-bond donors (Lipinski definition) is 2. The van der Waals surface area contributed by atoms with Gasteiger partial charge in [0.2, 0.25) is 0 Å². The van der Waals surface area contributed by atoms with Crippen LogP contribution in [-0.4, -0.2) is 6.54 Å². The summed E-state index contributed by atoms with van der Waals surface area (Å²) in [5.74, 6) is -1.77. The molecule has 1 rings (SSSR count). The number of anilines is 1. The fourth-order valence-corrected chi connectivity index (χ4v) is 1.60. The molecular weight excluding hydrogens is 198 g/mol. The summed E-state index contributed by atoms with van der Waals surface area (Å²) in [7, 11) is 0. The largest absolute Gasteiger partial charge is 0.398 e. The molecule has 15 heavy (non-hydrogen) atoms. The molecule has 0 saturated heterocycles. The second-order valence-corrected chi connectivity index (χ2v) is 3.94. The first-order valence-corrected chi connectivity index (χ1v) is 4.90. The number of nitrogen functional groups attached to an aromatic ring is 1. The van der Waals surface area contributed by atoms with Gasteiger partial charge < -0.3 is 11.5 Å². The van der Waals surface area contributed by atoms with Crippen LogP contribution in [-0.2, 0) is 5.41 Å². The molecule has 84 valence electrons. The Morgan fingerprint density at radius 1 is 1.33 bits per heavy atom. The molecule has 0 bridgehead atoms. The zero-order valence-electron chi connectivity index (χ0n) is 8.98.